The van der Waals surface area contributed by atoms with Crippen LogP contribution in [0.25, 0.3) is 4.91 Å². The molecule has 15 heavy (non-hydrogen) atoms. The van der Waals surface area contributed by atoms with Gasteiger partial charge < -0.3 is 0 Å². The van der Waals surface area contributed by atoms with E-state index in [9.17, 15) is 12.8 Å². The molecule has 0 bridgehead atoms. The maximum absolute atomic E-state index is 13.3. The van der Waals surface area contributed by atoms with Crippen LogP contribution in [0.2, 0.25) is 0 Å². The number of nitrogens with zero attached hydrogens (tertiary/aromatic N) is 1. The van der Waals surface area contributed by atoms with Gasteiger partial charge in [-0.05, 0) is 22.0 Å². The minimum atomic E-state index is -3.65. The highest BCUT2D eigenvalue weighted by molar-refractivity contribution is 9.22. The van der Waals surface area contributed by atoms with E-state index in [2.05, 4.69) is 20.9 Å². The lowest BCUT2D eigenvalue weighted by atomic mass is 10.2. The van der Waals surface area contributed by atoms with E-state index in [0.29, 0.717) is 0 Å². The van der Waals surface area contributed by atoms with E-state index in [0.717, 1.165) is 6.20 Å². The zero-order valence-electron chi connectivity index (χ0n) is 7.31. The van der Waals surface area contributed by atoms with Crippen LogP contribution in [0.4, 0.5) is 4.39 Å². The number of hydrogen-bond donors (Lipinski definition) is 0. The lowest BCUT2D eigenvalue weighted by Gasteiger charge is -2.03. The second-order valence-electron chi connectivity index (χ2n) is 2.86. The van der Waals surface area contributed by atoms with Gasteiger partial charge in [0.2, 0.25) is 13.8 Å². The van der Waals surface area contributed by atoms with Gasteiger partial charge in [0.05, 0.1) is 0 Å². The summed E-state index contributed by atoms with van der Waals surface area (Å²) in [6.07, 6.45) is 1.14. The fraction of sp³-hybridized carbons (Fsp3) is 0. The van der Waals surface area contributed by atoms with Gasteiger partial charge in [0, 0.05) is 11.8 Å². The van der Waals surface area contributed by atoms with Crippen LogP contribution < -0.4 is 0 Å². The van der Waals surface area contributed by atoms with Crippen LogP contribution in [-0.2, 0) is 9.84 Å². The summed E-state index contributed by atoms with van der Waals surface area (Å²) in [7, 11) is -3.65. The number of halogens is 2. The normalized spacial score (nSPS) is 18.5. The molecule has 1 aromatic rings. The van der Waals surface area contributed by atoms with Crippen molar-refractivity contribution in [3.63, 3.8) is 0 Å². The van der Waals surface area contributed by atoms with Crippen molar-refractivity contribution in [1.29, 1.82) is 0 Å². The Labute approximate surface area is 94.4 Å². The van der Waals surface area contributed by atoms with Gasteiger partial charge in [-0.1, -0.05) is 18.2 Å². The second kappa shape index (κ2) is 3.53. The van der Waals surface area contributed by atoms with Crippen molar-refractivity contribution in [3.8, 4) is 0 Å². The third-order valence-corrected chi connectivity index (χ3v) is 4.87. The molecule has 0 aliphatic carbocycles. The van der Waals surface area contributed by atoms with Gasteiger partial charge in [-0.3, -0.25) is 0 Å². The average molecular weight is 290 g/mol. The van der Waals surface area contributed by atoms with E-state index >= 15 is 0 Å². The fourth-order valence-electron chi connectivity index (χ4n) is 1.21. The van der Waals surface area contributed by atoms with Crippen molar-refractivity contribution in [2.45, 2.75) is 0 Å². The van der Waals surface area contributed by atoms with Crippen molar-refractivity contribution >= 4 is 34.6 Å². The van der Waals surface area contributed by atoms with E-state index in [1.165, 1.54) is 18.2 Å². The van der Waals surface area contributed by atoms with Crippen LogP contribution >= 0.6 is 15.9 Å². The Morgan fingerprint density at radius 1 is 1.27 bits per heavy atom. The smallest absolute Gasteiger partial charge is 0.232 e. The molecule has 0 amide bonds. The van der Waals surface area contributed by atoms with Gasteiger partial charge in [0.25, 0.3) is 0 Å². The van der Waals surface area contributed by atoms with E-state index in [4.69, 9.17) is 0 Å². The Bertz CT molecular complexity index is 578. The molecule has 3 nitrogen and oxygen atoms in total. The molecule has 78 valence electrons. The summed E-state index contributed by atoms with van der Waals surface area (Å²) < 4.78 is 36.4. The van der Waals surface area contributed by atoms with Gasteiger partial charge in [0.1, 0.15) is 10.7 Å². The van der Waals surface area contributed by atoms with Crippen molar-refractivity contribution in [3.05, 3.63) is 41.8 Å². The lowest BCUT2D eigenvalue weighted by molar-refractivity contribution is 0.612. The summed E-state index contributed by atoms with van der Waals surface area (Å²) in [5.74, 6) is -0.579. The molecule has 0 N–H and O–H groups in total. The van der Waals surface area contributed by atoms with Crippen LogP contribution in [0, 0.1) is 5.82 Å². The van der Waals surface area contributed by atoms with Crippen LogP contribution in [0.3, 0.4) is 0 Å². The predicted molar refractivity (Wildman–Crippen MR) is 59.7 cm³/mol. The van der Waals surface area contributed by atoms with Gasteiger partial charge in [-0.15, -0.1) is 0 Å². The van der Waals surface area contributed by atoms with E-state index in [1.807, 2.05) is 0 Å². The Morgan fingerprint density at radius 2 is 1.93 bits per heavy atom. The SMILES string of the molecule is O=S1(=O)C(c2ccccc2F)=CN=C1Br. The summed E-state index contributed by atoms with van der Waals surface area (Å²) in [4.78, 5) is 3.49. The molecule has 0 spiro atoms. The summed E-state index contributed by atoms with van der Waals surface area (Å²) in [6, 6.07) is 5.68. The fourth-order valence-corrected chi connectivity index (χ4v) is 2.86. The molecule has 0 fully saturated rings. The maximum atomic E-state index is 13.3. The molecule has 2 rings (SSSR count). The first-order chi connectivity index (χ1) is 7.03. The Balaban J connectivity index is 2.59. The van der Waals surface area contributed by atoms with Crippen LogP contribution in [0.1, 0.15) is 5.56 Å². The van der Waals surface area contributed by atoms with Crippen molar-refractivity contribution in [2.75, 3.05) is 0 Å². The number of aliphatic imine (C=N–C) groups is 1. The van der Waals surface area contributed by atoms with Gasteiger partial charge in [0.15, 0.2) is 0 Å². The van der Waals surface area contributed by atoms with Crippen LogP contribution in [0.15, 0.2) is 35.5 Å². The molecule has 0 atom stereocenters. The molecule has 1 aliphatic rings. The molecule has 0 radical (unpaired) electrons. The standard InChI is InChI=1S/C9H5BrFNO2S/c10-9-12-5-8(15(9,13)14)6-3-1-2-4-7(6)11/h1-5H. The first kappa shape index (κ1) is 10.5. The molecule has 0 saturated heterocycles. The topological polar surface area (TPSA) is 46.5 Å². The highest BCUT2D eigenvalue weighted by atomic mass is 79.9. The summed E-state index contributed by atoms with van der Waals surface area (Å²) in [5, 5.41) is 0. The highest BCUT2D eigenvalue weighted by Crippen LogP contribution is 2.30. The number of sulfone groups is 1. The first-order valence-corrected chi connectivity index (χ1v) is 6.24. The largest absolute Gasteiger partial charge is 0.236 e. The molecular weight excluding hydrogens is 285 g/mol. The van der Waals surface area contributed by atoms with E-state index in [-0.39, 0.29) is 14.4 Å². The molecule has 0 aromatic heterocycles. The number of benzene rings is 1. The minimum absolute atomic E-state index is 0.0377. The molecule has 1 heterocycles. The molecule has 1 aliphatic heterocycles. The van der Waals surface area contributed by atoms with Gasteiger partial charge >= 0.3 is 0 Å². The monoisotopic (exact) mass is 289 g/mol. The Hall–Kier alpha value is -1.01. The van der Waals surface area contributed by atoms with Crippen LogP contribution in [0.5, 0.6) is 0 Å². The minimum Gasteiger partial charge on any atom is -0.236 e. The number of hydrogen-bond acceptors (Lipinski definition) is 3. The summed E-state index contributed by atoms with van der Waals surface area (Å²) in [6.45, 7) is 0. The molecule has 0 saturated carbocycles. The third kappa shape index (κ3) is 1.63. The quantitative estimate of drug-likeness (QED) is 0.796. The van der Waals surface area contributed by atoms with Crippen molar-refractivity contribution in [1.82, 2.24) is 0 Å². The zero-order chi connectivity index (χ0) is 11.1. The van der Waals surface area contributed by atoms with Crippen LogP contribution in [-0.4, -0.2) is 12.4 Å². The lowest BCUT2D eigenvalue weighted by Crippen LogP contribution is -2.06. The molecular formula is C9H5BrFNO2S. The molecule has 0 unspecified atom stereocenters. The predicted octanol–water partition coefficient (Wildman–Crippen LogP) is 2.30. The van der Waals surface area contributed by atoms with Crippen molar-refractivity contribution in [2.24, 2.45) is 4.99 Å². The third-order valence-electron chi connectivity index (χ3n) is 1.93. The Kier molecular flexibility index (Phi) is 2.47. The first-order valence-electron chi connectivity index (χ1n) is 3.97. The molecule has 6 heteroatoms. The zero-order valence-corrected chi connectivity index (χ0v) is 9.72. The summed E-state index contributed by atoms with van der Waals surface area (Å²) in [5.41, 5.74) is 0.0377. The van der Waals surface area contributed by atoms with Gasteiger partial charge in [-0.25, -0.2) is 17.8 Å². The van der Waals surface area contributed by atoms with E-state index in [1.54, 1.807) is 6.07 Å². The summed E-state index contributed by atoms with van der Waals surface area (Å²) >= 11 is 2.81. The molecule has 1 aromatic carbocycles. The highest BCUT2D eigenvalue weighted by Gasteiger charge is 2.30. The van der Waals surface area contributed by atoms with Crippen molar-refractivity contribution < 1.29 is 12.8 Å². The second-order valence-corrected chi connectivity index (χ2v) is 5.97. The maximum Gasteiger partial charge on any atom is 0.232 e. The average Bonchev–Trinajstić information content (AvgIpc) is 2.44. The Morgan fingerprint density at radius 3 is 2.47 bits per heavy atom. The van der Waals surface area contributed by atoms with Gasteiger partial charge in [-0.2, -0.15) is 0 Å². The van der Waals surface area contributed by atoms with E-state index < -0.39 is 15.7 Å². The number of rotatable bonds is 1.